The molecule has 2 fully saturated rings. The number of ether oxygens (including phenoxy) is 3. The Labute approximate surface area is 206 Å². The molecule has 2 aromatic carbocycles. The second kappa shape index (κ2) is 8.74. The smallest absolute Gasteiger partial charge is 0.335 e. The third kappa shape index (κ3) is 3.55. The fourth-order valence-electron chi connectivity index (χ4n) is 5.96. The highest BCUT2D eigenvalue weighted by molar-refractivity contribution is 6.08. The van der Waals surface area contributed by atoms with Crippen LogP contribution in [0.25, 0.3) is 10.8 Å². The quantitative estimate of drug-likeness (QED) is 0.393. The monoisotopic (exact) mass is 500 g/mol. The molecule has 36 heavy (non-hydrogen) atoms. The van der Waals surface area contributed by atoms with Gasteiger partial charge in [0.15, 0.2) is 11.4 Å². The first kappa shape index (κ1) is 24.5. The predicted octanol–water partition coefficient (Wildman–Crippen LogP) is 2.02. The van der Waals surface area contributed by atoms with Crippen LogP contribution in [0.3, 0.4) is 0 Å². The lowest BCUT2D eigenvalue weighted by Gasteiger charge is -2.57. The first-order valence-corrected chi connectivity index (χ1v) is 11.8. The van der Waals surface area contributed by atoms with E-state index in [9.17, 15) is 35.1 Å². The number of aliphatic hydroxyl groups excluding tert-OH is 3. The first-order valence-electron chi connectivity index (χ1n) is 11.8. The summed E-state index contributed by atoms with van der Waals surface area (Å²) < 4.78 is 17.8. The summed E-state index contributed by atoms with van der Waals surface area (Å²) in [5.74, 6) is -2.42. The van der Waals surface area contributed by atoms with Gasteiger partial charge < -0.3 is 39.7 Å². The van der Waals surface area contributed by atoms with E-state index in [0.717, 1.165) is 6.07 Å². The van der Waals surface area contributed by atoms with Gasteiger partial charge in [0.1, 0.15) is 29.8 Å². The summed E-state index contributed by atoms with van der Waals surface area (Å²) in [6, 6.07) is 4.04. The van der Waals surface area contributed by atoms with Gasteiger partial charge in [-0.2, -0.15) is 0 Å². The molecule has 1 saturated heterocycles. The number of carbonyl (C=O) groups excluding carboxylic acids is 1. The van der Waals surface area contributed by atoms with Gasteiger partial charge in [-0.05, 0) is 62.3 Å². The summed E-state index contributed by atoms with van der Waals surface area (Å²) in [7, 11) is 0. The molecule has 2 aromatic rings. The van der Waals surface area contributed by atoms with Crippen LogP contribution >= 0.6 is 0 Å². The summed E-state index contributed by atoms with van der Waals surface area (Å²) in [6.07, 6.45) is -1.95. The van der Waals surface area contributed by atoms with Gasteiger partial charge in [0.2, 0.25) is 6.29 Å². The summed E-state index contributed by atoms with van der Waals surface area (Å²) >= 11 is 0. The summed E-state index contributed by atoms with van der Waals surface area (Å²) in [5, 5.41) is 54.0. The van der Waals surface area contributed by atoms with Crippen LogP contribution in [0.1, 0.15) is 52.5 Å². The van der Waals surface area contributed by atoms with Crippen molar-refractivity contribution in [2.45, 2.75) is 69.4 Å². The second-order valence-electron chi connectivity index (χ2n) is 9.75. The van der Waals surface area contributed by atoms with Crippen LogP contribution in [0.2, 0.25) is 0 Å². The van der Waals surface area contributed by atoms with E-state index in [0.29, 0.717) is 30.2 Å². The van der Waals surface area contributed by atoms with Crippen molar-refractivity contribution in [2.75, 3.05) is 0 Å². The van der Waals surface area contributed by atoms with E-state index in [1.165, 1.54) is 19.3 Å². The van der Waals surface area contributed by atoms with Gasteiger partial charge in [0.05, 0.1) is 28.9 Å². The number of Topliss-reactive ketones (excluding diaryl/α,β-unsaturated/α-hetero) is 1. The minimum Gasteiger partial charge on any atom is -0.506 e. The zero-order valence-electron chi connectivity index (χ0n) is 19.7. The Hall–Kier alpha value is -3.18. The number of allylic oxidation sites excluding steroid dienone is 1. The number of aryl methyl sites for hydroxylation is 1. The number of benzene rings is 2. The van der Waals surface area contributed by atoms with Crippen molar-refractivity contribution in [1.82, 2.24) is 0 Å². The van der Waals surface area contributed by atoms with Crippen molar-refractivity contribution in [2.24, 2.45) is 5.92 Å². The van der Waals surface area contributed by atoms with Crippen molar-refractivity contribution in [3.63, 3.8) is 0 Å². The molecule has 5 N–H and O–H groups in total. The number of hydrogen-bond acceptors (Lipinski definition) is 9. The molecule has 5 rings (SSSR count). The van der Waals surface area contributed by atoms with Crippen molar-refractivity contribution < 1.29 is 49.3 Å². The third-order valence-corrected chi connectivity index (χ3v) is 7.59. The molecule has 1 saturated carbocycles. The molecule has 10 heteroatoms. The molecule has 0 unspecified atom stereocenters. The number of rotatable bonds is 4. The standard InChI is InChI=1S/C26H28O10/c1-11-8-13-9-14(24(32)33)10-17(19(13)20(29)18(11)12(2)27)35-25-21(30)22(31)26-15(4-3-7-34-26)5-6-16(28)23(26)36-25/h3,7-10,15-16,21-23,25,28-31H,4-6H2,1-2H3,(H,32,33)/t15-,16+,21-,22-,23-,25-,26+/m1/s1. The van der Waals surface area contributed by atoms with Crippen LogP contribution in [-0.2, 0) is 9.47 Å². The van der Waals surface area contributed by atoms with E-state index >= 15 is 0 Å². The average molecular weight is 501 g/mol. The summed E-state index contributed by atoms with van der Waals surface area (Å²) in [4.78, 5) is 24.0. The van der Waals surface area contributed by atoms with E-state index in [2.05, 4.69) is 0 Å². The maximum atomic E-state index is 12.2. The highest BCUT2D eigenvalue weighted by atomic mass is 16.7. The highest BCUT2D eigenvalue weighted by Gasteiger charge is 2.65. The van der Waals surface area contributed by atoms with Crippen LogP contribution in [0.15, 0.2) is 30.5 Å². The van der Waals surface area contributed by atoms with Gasteiger partial charge in [-0.15, -0.1) is 0 Å². The Morgan fingerprint density at radius 2 is 1.89 bits per heavy atom. The van der Waals surface area contributed by atoms with E-state index in [-0.39, 0.29) is 28.2 Å². The number of carbonyl (C=O) groups is 2. The first-order chi connectivity index (χ1) is 17.1. The van der Waals surface area contributed by atoms with Gasteiger partial charge in [0.25, 0.3) is 0 Å². The minimum atomic E-state index is -1.64. The van der Waals surface area contributed by atoms with E-state index in [1.807, 2.05) is 6.08 Å². The molecule has 0 aromatic heterocycles. The topological polar surface area (TPSA) is 163 Å². The molecular weight excluding hydrogens is 472 g/mol. The molecule has 1 aliphatic carbocycles. The number of aromatic hydroxyl groups is 1. The van der Waals surface area contributed by atoms with Gasteiger partial charge in [-0.25, -0.2) is 4.79 Å². The van der Waals surface area contributed by atoms with Crippen molar-refractivity contribution >= 4 is 22.5 Å². The van der Waals surface area contributed by atoms with Crippen molar-refractivity contribution in [3.8, 4) is 11.5 Å². The Balaban J connectivity index is 1.60. The predicted molar refractivity (Wildman–Crippen MR) is 125 cm³/mol. The van der Waals surface area contributed by atoms with Gasteiger partial charge in [-0.3, -0.25) is 4.79 Å². The lowest BCUT2D eigenvalue weighted by molar-refractivity contribution is -0.347. The summed E-state index contributed by atoms with van der Waals surface area (Å²) in [5.41, 5.74) is -1.04. The number of ketones is 1. The van der Waals surface area contributed by atoms with Crippen LogP contribution in [0.5, 0.6) is 11.5 Å². The molecule has 2 aliphatic heterocycles. The molecule has 192 valence electrons. The number of fused-ring (bicyclic) bond motifs is 1. The molecule has 2 heterocycles. The number of carboxylic acid groups (broad SMARTS) is 1. The Morgan fingerprint density at radius 3 is 2.58 bits per heavy atom. The number of phenolic OH excluding ortho intramolecular Hbond substituents is 1. The Bertz CT molecular complexity index is 1270. The molecular formula is C26H28O10. The Kier molecular flexibility index (Phi) is 5.95. The van der Waals surface area contributed by atoms with Gasteiger partial charge >= 0.3 is 5.97 Å². The average Bonchev–Trinajstić information content (AvgIpc) is 2.82. The normalized spacial score (nSPS) is 33.4. The summed E-state index contributed by atoms with van der Waals surface area (Å²) in [6.45, 7) is 2.91. The maximum absolute atomic E-state index is 12.2. The zero-order chi connectivity index (χ0) is 25.9. The molecule has 0 amide bonds. The van der Waals surface area contributed by atoms with E-state index in [4.69, 9.17) is 14.2 Å². The molecule has 1 spiro atoms. The number of aliphatic hydroxyl groups is 3. The molecule has 3 aliphatic rings. The molecule has 7 atom stereocenters. The lowest BCUT2D eigenvalue weighted by atomic mass is 9.64. The number of aromatic carboxylic acids is 1. The van der Waals surface area contributed by atoms with Crippen molar-refractivity contribution in [3.05, 3.63) is 47.2 Å². The fraction of sp³-hybridized carbons (Fsp3) is 0.462. The zero-order valence-corrected chi connectivity index (χ0v) is 19.7. The van der Waals surface area contributed by atoms with Gasteiger partial charge in [-0.1, -0.05) is 6.07 Å². The fourth-order valence-corrected chi connectivity index (χ4v) is 5.96. The van der Waals surface area contributed by atoms with Crippen LogP contribution in [-0.4, -0.2) is 73.6 Å². The molecule has 0 bridgehead atoms. The third-order valence-electron chi connectivity index (χ3n) is 7.59. The van der Waals surface area contributed by atoms with E-state index in [1.54, 1.807) is 13.0 Å². The number of phenols is 1. The number of hydrogen-bond donors (Lipinski definition) is 5. The van der Waals surface area contributed by atoms with Gasteiger partial charge in [0, 0.05) is 5.92 Å². The molecule has 10 nitrogen and oxygen atoms in total. The Morgan fingerprint density at radius 1 is 1.14 bits per heavy atom. The molecule has 0 radical (unpaired) electrons. The van der Waals surface area contributed by atoms with Crippen LogP contribution in [0, 0.1) is 12.8 Å². The highest BCUT2D eigenvalue weighted by Crippen LogP contribution is 2.50. The van der Waals surface area contributed by atoms with Crippen LogP contribution < -0.4 is 4.74 Å². The SMILES string of the molecule is CC(=O)c1c(C)cc2cc(C(=O)O)cc(O[C@@H]3O[C@@H]4[C@@H](O)CC[C@H]5CC=CO[C@]54[C@H](O)[C@H]3O)c2c1O. The second-order valence-corrected chi connectivity index (χ2v) is 9.75. The lowest BCUT2D eigenvalue weighted by Crippen LogP contribution is -2.74. The number of carboxylic acids is 1. The maximum Gasteiger partial charge on any atom is 0.335 e. The largest absolute Gasteiger partial charge is 0.506 e. The van der Waals surface area contributed by atoms with Crippen molar-refractivity contribution in [1.29, 1.82) is 0 Å². The van der Waals surface area contributed by atoms with Crippen LogP contribution in [0.4, 0.5) is 0 Å². The van der Waals surface area contributed by atoms with E-state index < -0.39 is 53.8 Å². The minimum absolute atomic E-state index is 0.0486.